The maximum absolute atomic E-state index is 13.5. The number of anilines is 1. The number of aliphatic hydroxyl groups excluding tert-OH is 1. The Morgan fingerprint density at radius 1 is 1.16 bits per heavy atom. The Hall–Kier alpha value is -3.91. The first-order valence-electron chi connectivity index (χ1n) is 9.66. The lowest BCUT2D eigenvalue weighted by atomic mass is 10.00. The summed E-state index contributed by atoms with van der Waals surface area (Å²) in [7, 11) is 1.50. The number of methoxy groups -OCH3 is 1. The molecule has 1 N–H and O–H groups in total. The third kappa shape index (κ3) is 3.07. The molecule has 1 aliphatic heterocycles. The van der Waals surface area contributed by atoms with Crippen molar-refractivity contribution in [1.29, 1.82) is 0 Å². The molecular weight excluding hydrogens is 433 g/mol. The second kappa shape index (κ2) is 7.65. The van der Waals surface area contributed by atoms with Crippen LogP contribution in [0.3, 0.4) is 0 Å². The summed E-state index contributed by atoms with van der Waals surface area (Å²) in [5.74, 6) is -2.04. The topological polar surface area (TPSA) is 80.0 Å². The van der Waals surface area contributed by atoms with Crippen LogP contribution in [0, 0.1) is 5.82 Å². The molecule has 160 valence electrons. The summed E-state index contributed by atoms with van der Waals surface area (Å²) in [5.41, 5.74) is 0.654. The minimum absolute atomic E-state index is 0.0265. The van der Waals surface area contributed by atoms with E-state index in [1.165, 1.54) is 47.6 Å². The molecule has 0 spiro atoms. The van der Waals surface area contributed by atoms with Gasteiger partial charge in [0.1, 0.15) is 11.9 Å². The van der Waals surface area contributed by atoms with E-state index in [1.807, 2.05) is 5.38 Å². The average molecular weight is 449 g/mol. The van der Waals surface area contributed by atoms with Gasteiger partial charge in [-0.1, -0.05) is 18.2 Å². The Balaban J connectivity index is 1.64. The summed E-state index contributed by atoms with van der Waals surface area (Å²) >= 11 is 1.34. The van der Waals surface area contributed by atoms with Gasteiger partial charge in [-0.3, -0.25) is 14.5 Å². The summed E-state index contributed by atoms with van der Waals surface area (Å²) in [6, 6.07) is 14.8. The van der Waals surface area contributed by atoms with Gasteiger partial charge in [-0.05, 0) is 47.8 Å². The van der Waals surface area contributed by atoms with Crippen LogP contribution in [0.2, 0.25) is 0 Å². The van der Waals surface area contributed by atoms with Crippen molar-refractivity contribution in [1.82, 2.24) is 0 Å². The summed E-state index contributed by atoms with van der Waals surface area (Å²) < 4.78 is 24.5. The van der Waals surface area contributed by atoms with Crippen molar-refractivity contribution in [3.8, 4) is 5.75 Å². The first-order valence-corrected chi connectivity index (χ1v) is 10.5. The van der Waals surface area contributed by atoms with Crippen LogP contribution in [-0.4, -0.2) is 23.9 Å². The van der Waals surface area contributed by atoms with Gasteiger partial charge >= 0.3 is 0 Å². The summed E-state index contributed by atoms with van der Waals surface area (Å²) in [6.07, 6.45) is 0. The predicted molar refractivity (Wildman–Crippen MR) is 118 cm³/mol. The van der Waals surface area contributed by atoms with E-state index in [2.05, 4.69) is 0 Å². The zero-order valence-electron chi connectivity index (χ0n) is 16.7. The van der Waals surface area contributed by atoms with Crippen molar-refractivity contribution < 1.29 is 28.2 Å². The quantitative estimate of drug-likeness (QED) is 0.411. The average Bonchev–Trinajstić information content (AvgIpc) is 3.53. The summed E-state index contributed by atoms with van der Waals surface area (Å²) in [6.45, 7) is 0. The molecule has 1 amide bonds. The molecule has 1 unspecified atom stereocenters. The number of carbonyl (C=O) groups is 2. The lowest BCUT2D eigenvalue weighted by molar-refractivity contribution is -0.117. The van der Waals surface area contributed by atoms with Crippen LogP contribution in [0.5, 0.6) is 5.75 Å². The number of hydrogen-bond acceptors (Lipinski definition) is 6. The maximum atomic E-state index is 13.5. The Morgan fingerprint density at radius 2 is 1.94 bits per heavy atom. The third-order valence-corrected chi connectivity index (χ3v) is 6.25. The van der Waals surface area contributed by atoms with Crippen molar-refractivity contribution in [2.45, 2.75) is 6.04 Å². The molecule has 4 aromatic rings. The molecule has 2 aromatic heterocycles. The highest BCUT2D eigenvalue weighted by molar-refractivity contribution is 7.10. The van der Waals surface area contributed by atoms with Crippen LogP contribution < -0.4 is 9.64 Å². The molecular formula is C24H16FNO5S. The van der Waals surface area contributed by atoms with E-state index < -0.39 is 29.3 Å². The number of furan rings is 1. The molecule has 1 aliphatic rings. The van der Waals surface area contributed by atoms with Crippen LogP contribution >= 0.6 is 11.3 Å². The first kappa shape index (κ1) is 20.0. The first-order chi connectivity index (χ1) is 15.5. The standard InChI is InChI=1S/C24H16FNO5S/c1-30-16-5-2-4-13-12-17(31-23(13)16)21(27)19-20(18-6-3-11-32-18)26(24(29)22(19)28)15-9-7-14(25)8-10-15/h2-12,20,28H,1H3. The molecule has 0 saturated heterocycles. The number of hydrogen-bond donors (Lipinski definition) is 1. The van der Waals surface area contributed by atoms with Gasteiger partial charge in [0.2, 0.25) is 5.78 Å². The monoisotopic (exact) mass is 449 g/mol. The van der Waals surface area contributed by atoms with Crippen molar-refractivity contribution in [2.24, 2.45) is 0 Å². The number of thiophene rings is 1. The lowest BCUT2D eigenvalue weighted by Gasteiger charge is -2.25. The lowest BCUT2D eigenvalue weighted by Crippen LogP contribution is -2.30. The Labute approximate surface area is 185 Å². The molecule has 8 heteroatoms. The van der Waals surface area contributed by atoms with Crippen LogP contribution in [0.15, 0.2) is 81.8 Å². The number of amides is 1. The number of rotatable bonds is 5. The highest BCUT2D eigenvalue weighted by atomic mass is 32.1. The third-order valence-electron chi connectivity index (χ3n) is 5.32. The van der Waals surface area contributed by atoms with Gasteiger partial charge in [0.05, 0.1) is 12.7 Å². The molecule has 0 fully saturated rings. The minimum atomic E-state index is -0.879. The Kier molecular flexibility index (Phi) is 4.79. The maximum Gasteiger partial charge on any atom is 0.294 e. The van der Waals surface area contributed by atoms with Gasteiger partial charge in [-0.2, -0.15) is 0 Å². The number of Topliss-reactive ketones (excluding diaryl/α,β-unsaturated/α-hetero) is 1. The molecule has 2 aromatic carbocycles. The van der Waals surface area contributed by atoms with Gasteiger partial charge in [0.15, 0.2) is 22.9 Å². The highest BCUT2D eigenvalue weighted by Crippen LogP contribution is 2.44. The second-order valence-electron chi connectivity index (χ2n) is 7.15. The van der Waals surface area contributed by atoms with Gasteiger partial charge in [-0.15, -0.1) is 11.3 Å². The number of nitrogens with zero attached hydrogens (tertiary/aromatic N) is 1. The van der Waals surface area contributed by atoms with Gasteiger partial charge in [0, 0.05) is 16.0 Å². The van der Waals surface area contributed by atoms with E-state index in [1.54, 1.807) is 36.4 Å². The zero-order chi connectivity index (χ0) is 22.4. The normalized spacial score (nSPS) is 16.2. The predicted octanol–water partition coefficient (Wildman–Crippen LogP) is 5.42. The van der Waals surface area contributed by atoms with Crippen molar-refractivity contribution in [3.05, 3.63) is 93.8 Å². The minimum Gasteiger partial charge on any atom is -0.503 e. The number of halogens is 1. The highest BCUT2D eigenvalue weighted by Gasteiger charge is 2.45. The Morgan fingerprint density at radius 3 is 2.62 bits per heavy atom. The van der Waals surface area contributed by atoms with E-state index in [0.717, 1.165) is 0 Å². The van der Waals surface area contributed by atoms with Gasteiger partial charge in [0.25, 0.3) is 5.91 Å². The van der Waals surface area contributed by atoms with E-state index in [0.29, 0.717) is 27.3 Å². The number of para-hydroxylation sites is 1. The molecule has 3 heterocycles. The van der Waals surface area contributed by atoms with Crippen molar-refractivity contribution in [2.75, 3.05) is 12.0 Å². The van der Waals surface area contributed by atoms with Gasteiger partial charge < -0.3 is 14.3 Å². The van der Waals surface area contributed by atoms with E-state index in [4.69, 9.17) is 9.15 Å². The molecule has 0 bridgehead atoms. The summed E-state index contributed by atoms with van der Waals surface area (Å²) in [5, 5.41) is 13.2. The second-order valence-corrected chi connectivity index (χ2v) is 8.13. The molecule has 6 nitrogen and oxygen atoms in total. The zero-order valence-corrected chi connectivity index (χ0v) is 17.6. The van der Waals surface area contributed by atoms with Crippen LogP contribution in [0.4, 0.5) is 10.1 Å². The molecule has 1 atom stereocenters. The van der Waals surface area contributed by atoms with Gasteiger partial charge in [-0.25, -0.2) is 4.39 Å². The fraction of sp³-hybridized carbons (Fsp3) is 0.0833. The number of fused-ring (bicyclic) bond motifs is 1. The number of ether oxygens (including phenoxy) is 1. The molecule has 0 saturated carbocycles. The molecule has 32 heavy (non-hydrogen) atoms. The molecule has 0 aliphatic carbocycles. The number of ketones is 1. The smallest absolute Gasteiger partial charge is 0.294 e. The van der Waals surface area contributed by atoms with Crippen LogP contribution in [0.1, 0.15) is 21.5 Å². The fourth-order valence-corrected chi connectivity index (χ4v) is 4.69. The van der Waals surface area contributed by atoms with Crippen LogP contribution in [-0.2, 0) is 4.79 Å². The SMILES string of the molecule is COc1cccc2cc(C(=O)C3=C(O)C(=O)N(c4ccc(F)cc4)C3c3cccs3)oc12. The van der Waals surface area contributed by atoms with E-state index in [-0.39, 0.29) is 11.3 Å². The van der Waals surface area contributed by atoms with E-state index >= 15 is 0 Å². The van der Waals surface area contributed by atoms with E-state index in [9.17, 15) is 19.1 Å². The largest absolute Gasteiger partial charge is 0.503 e. The van der Waals surface area contributed by atoms with Crippen molar-refractivity contribution >= 4 is 39.7 Å². The molecule has 5 rings (SSSR count). The number of carbonyl (C=O) groups excluding carboxylic acids is 2. The Bertz CT molecular complexity index is 1370. The van der Waals surface area contributed by atoms with Crippen LogP contribution in [0.25, 0.3) is 11.0 Å². The fourth-order valence-electron chi connectivity index (χ4n) is 3.86. The van der Waals surface area contributed by atoms with Crippen molar-refractivity contribution in [3.63, 3.8) is 0 Å². The molecule has 0 radical (unpaired) electrons. The summed E-state index contributed by atoms with van der Waals surface area (Å²) in [4.78, 5) is 28.5. The number of aliphatic hydroxyl groups is 1. The number of benzene rings is 2.